The molecule has 1 aromatic carbocycles. The van der Waals surface area contributed by atoms with Crippen molar-refractivity contribution in [3.63, 3.8) is 0 Å². The molecule has 3 rings (SSSR count). The van der Waals surface area contributed by atoms with E-state index >= 15 is 0 Å². The number of aromatic nitrogens is 2. The molecule has 0 radical (unpaired) electrons. The smallest absolute Gasteiger partial charge is 0.239 e. The van der Waals surface area contributed by atoms with Gasteiger partial charge >= 0.3 is 0 Å². The molecule has 0 fully saturated rings. The zero-order chi connectivity index (χ0) is 19.2. The third-order valence-electron chi connectivity index (χ3n) is 3.69. The number of ether oxygens (including phenoxy) is 1. The van der Waals surface area contributed by atoms with Gasteiger partial charge in [0, 0.05) is 17.1 Å². The topological polar surface area (TPSA) is 87.9 Å². The number of amides is 1. The lowest BCUT2D eigenvalue weighted by Gasteiger charge is -2.12. The lowest BCUT2D eigenvalue weighted by molar-refractivity contribution is -0.115. The van der Waals surface area contributed by atoms with E-state index in [4.69, 9.17) is 4.74 Å². The Morgan fingerprint density at radius 1 is 1.30 bits per heavy atom. The van der Waals surface area contributed by atoms with Crippen LogP contribution in [0.15, 0.2) is 53.0 Å². The van der Waals surface area contributed by atoms with Gasteiger partial charge in [0.15, 0.2) is 5.13 Å². The van der Waals surface area contributed by atoms with Crippen molar-refractivity contribution in [1.82, 2.24) is 9.97 Å². The number of carbonyl (C=O) groups excluding carboxylic acids is 1. The first-order valence-corrected chi connectivity index (χ1v) is 9.79. The van der Waals surface area contributed by atoms with Crippen molar-refractivity contribution in [2.24, 2.45) is 0 Å². The normalized spacial score (nSPS) is 11.4. The molecule has 1 N–H and O–H groups in total. The fraction of sp³-hybridized carbons (Fsp3) is 0.158. The molecule has 0 spiro atoms. The van der Waals surface area contributed by atoms with Crippen LogP contribution in [0.5, 0.6) is 5.75 Å². The van der Waals surface area contributed by atoms with Gasteiger partial charge in [0.05, 0.1) is 23.6 Å². The van der Waals surface area contributed by atoms with E-state index in [1.165, 1.54) is 23.1 Å². The van der Waals surface area contributed by atoms with Crippen LogP contribution in [0, 0.1) is 11.3 Å². The second-order valence-electron chi connectivity index (χ2n) is 5.48. The number of benzene rings is 1. The predicted molar refractivity (Wildman–Crippen MR) is 107 cm³/mol. The minimum Gasteiger partial charge on any atom is -0.497 e. The van der Waals surface area contributed by atoms with E-state index in [1.54, 1.807) is 37.7 Å². The monoisotopic (exact) mass is 396 g/mol. The molecule has 27 heavy (non-hydrogen) atoms. The first-order chi connectivity index (χ1) is 13.1. The summed E-state index contributed by atoms with van der Waals surface area (Å²) in [6, 6.07) is 13.2. The molecule has 3 aromatic rings. The lowest BCUT2D eigenvalue weighted by Crippen LogP contribution is -2.22. The number of thiazole rings is 1. The Kier molecular flexibility index (Phi) is 6.06. The van der Waals surface area contributed by atoms with Gasteiger partial charge in [-0.15, -0.1) is 11.3 Å². The summed E-state index contributed by atoms with van der Waals surface area (Å²) in [7, 11) is 1.61. The van der Waals surface area contributed by atoms with Gasteiger partial charge < -0.3 is 10.1 Å². The summed E-state index contributed by atoms with van der Waals surface area (Å²) in [5.41, 5.74) is 2.07. The molecule has 0 aliphatic rings. The zero-order valence-corrected chi connectivity index (χ0v) is 16.3. The third-order valence-corrected chi connectivity index (χ3v) is 5.48. The molecule has 0 bridgehead atoms. The number of methoxy groups -OCH3 is 1. The van der Waals surface area contributed by atoms with Crippen LogP contribution in [0.3, 0.4) is 0 Å². The van der Waals surface area contributed by atoms with Gasteiger partial charge in [0.25, 0.3) is 0 Å². The van der Waals surface area contributed by atoms with Gasteiger partial charge in [-0.2, -0.15) is 5.26 Å². The number of anilines is 1. The van der Waals surface area contributed by atoms with Crippen LogP contribution in [-0.2, 0) is 4.79 Å². The maximum absolute atomic E-state index is 12.3. The molecular weight excluding hydrogens is 380 g/mol. The summed E-state index contributed by atoms with van der Waals surface area (Å²) in [6.07, 6.45) is 1.63. The highest BCUT2D eigenvalue weighted by Gasteiger charge is 2.19. The van der Waals surface area contributed by atoms with Crippen LogP contribution in [0.4, 0.5) is 5.13 Å². The van der Waals surface area contributed by atoms with E-state index < -0.39 is 5.25 Å². The summed E-state index contributed by atoms with van der Waals surface area (Å²) in [6.45, 7) is 1.77. The number of nitrogens with one attached hydrogen (secondary N) is 1. The number of nitriles is 1. The van der Waals surface area contributed by atoms with Crippen molar-refractivity contribution in [2.75, 3.05) is 12.4 Å². The molecule has 1 atom stereocenters. The number of rotatable bonds is 6. The van der Waals surface area contributed by atoms with Crippen molar-refractivity contribution in [3.05, 3.63) is 53.5 Å². The molecule has 0 saturated carbocycles. The van der Waals surface area contributed by atoms with E-state index in [0.717, 1.165) is 17.0 Å². The Balaban J connectivity index is 1.80. The van der Waals surface area contributed by atoms with E-state index in [9.17, 15) is 10.1 Å². The summed E-state index contributed by atoms with van der Waals surface area (Å²) in [5.74, 6) is 0.574. The van der Waals surface area contributed by atoms with Crippen LogP contribution in [0.25, 0.3) is 11.3 Å². The van der Waals surface area contributed by atoms with Crippen LogP contribution in [0.2, 0.25) is 0 Å². The highest BCUT2D eigenvalue weighted by molar-refractivity contribution is 8.00. The second-order valence-corrected chi connectivity index (χ2v) is 7.70. The van der Waals surface area contributed by atoms with Crippen molar-refractivity contribution < 1.29 is 9.53 Å². The highest BCUT2D eigenvalue weighted by atomic mass is 32.2. The molecule has 136 valence electrons. The summed E-state index contributed by atoms with van der Waals surface area (Å²) in [4.78, 5) is 21.0. The van der Waals surface area contributed by atoms with Crippen LogP contribution < -0.4 is 10.1 Å². The second kappa shape index (κ2) is 8.66. The standard InChI is InChI=1S/C19H16N4O2S2/c1-12(17(24)23-19-21-9-10-26-19)27-18-14(11-20)5-8-16(22-18)13-3-6-15(25-2)7-4-13/h3-10,12H,1-2H3,(H,21,23,24). The van der Waals surface area contributed by atoms with Crippen molar-refractivity contribution in [2.45, 2.75) is 17.2 Å². The maximum atomic E-state index is 12.3. The number of nitrogens with zero attached hydrogens (tertiary/aromatic N) is 3. The summed E-state index contributed by atoms with van der Waals surface area (Å²) in [5, 5.41) is 14.6. The van der Waals surface area contributed by atoms with Gasteiger partial charge in [-0.3, -0.25) is 4.79 Å². The molecule has 1 unspecified atom stereocenters. The molecule has 0 aliphatic heterocycles. The van der Waals surface area contributed by atoms with E-state index in [1.807, 2.05) is 24.3 Å². The Hall–Kier alpha value is -2.89. The number of pyridine rings is 1. The van der Waals surface area contributed by atoms with Gasteiger partial charge in [0.1, 0.15) is 16.8 Å². The number of hydrogen-bond acceptors (Lipinski definition) is 7. The van der Waals surface area contributed by atoms with Crippen LogP contribution in [-0.4, -0.2) is 28.2 Å². The summed E-state index contributed by atoms with van der Waals surface area (Å²) < 4.78 is 5.17. The van der Waals surface area contributed by atoms with E-state index in [0.29, 0.717) is 15.7 Å². The minimum atomic E-state index is -0.431. The fourth-order valence-corrected chi connectivity index (χ4v) is 3.68. The molecule has 2 aromatic heterocycles. The first kappa shape index (κ1) is 18.9. The van der Waals surface area contributed by atoms with Crippen LogP contribution in [0.1, 0.15) is 12.5 Å². The Morgan fingerprint density at radius 2 is 2.07 bits per heavy atom. The van der Waals surface area contributed by atoms with Gasteiger partial charge in [-0.05, 0) is 43.3 Å². The first-order valence-electron chi connectivity index (χ1n) is 8.03. The van der Waals surface area contributed by atoms with Gasteiger partial charge in [0.2, 0.25) is 5.91 Å². The fourth-order valence-electron chi connectivity index (χ4n) is 2.25. The highest BCUT2D eigenvalue weighted by Crippen LogP contribution is 2.29. The SMILES string of the molecule is COc1ccc(-c2ccc(C#N)c(SC(C)C(=O)Nc3nccs3)n2)cc1. The lowest BCUT2D eigenvalue weighted by atomic mass is 10.1. The average Bonchev–Trinajstić information content (AvgIpc) is 3.21. The quantitative estimate of drug-likeness (QED) is 0.628. The zero-order valence-electron chi connectivity index (χ0n) is 14.7. The average molecular weight is 396 g/mol. The predicted octanol–water partition coefficient (Wildman–Crippen LogP) is 4.20. The molecule has 0 aliphatic carbocycles. The van der Waals surface area contributed by atoms with Crippen LogP contribution >= 0.6 is 23.1 Å². The van der Waals surface area contributed by atoms with Gasteiger partial charge in [-0.25, -0.2) is 9.97 Å². The summed E-state index contributed by atoms with van der Waals surface area (Å²) >= 11 is 2.60. The van der Waals surface area contributed by atoms with Crippen molar-refractivity contribution in [3.8, 4) is 23.1 Å². The van der Waals surface area contributed by atoms with E-state index in [2.05, 4.69) is 21.4 Å². The number of carbonyl (C=O) groups is 1. The van der Waals surface area contributed by atoms with E-state index in [-0.39, 0.29) is 5.91 Å². The van der Waals surface area contributed by atoms with Crippen molar-refractivity contribution in [1.29, 1.82) is 5.26 Å². The molecule has 2 heterocycles. The Labute approximate surface area is 165 Å². The molecule has 6 nitrogen and oxygen atoms in total. The third kappa shape index (κ3) is 4.64. The molecule has 1 amide bonds. The molecule has 8 heteroatoms. The van der Waals surface area contributed by atoms with Crippen molar-refractivity contribution >= 4 is 34.1 Å². The number of thioether (sulfide) groups is 1. The molecular formula is C19H16N4O2S2. The number of hydrogen-bond donors (Lipinski definition) is 1. The Morgan fingerprint density at radius 3 is 2.70 bits per heavy atom. The Bertz CT molecular complexity index is 966. The minimum absolute atomic E-state index is 0.185. The van der Waals surface area contributed by atoms with Gasteiger partial charge in [-0.1, -0.05) is 11.8 Å². The maximum Gasteiger partial charge on any atom is 0.239 e. The largest absolute Gasteiger partial charge is 0.497 e. The molecule has 0 saturated heterocycles.